The molecule has 0 aliphatic carbocycles. The lowest BCUT2D eigenvalue weighted by Crippen LogP contribution is -2.27. The number of hydrogen-bond donors (Lipinski definition) is 1. The lowest BCUT2D eigenvalue weighted by Gasteiger charge is -2.05. The van der Waals surface area contributed by atoms with Gasteiger partial charge in [0.25, 0.3) is 0 Å². The van der Waals surface area contributed by atoms with Crippen LogP contribution in [-0.4, -0.2) is 11.8 Å². The smallest absolute Gasteiger partial charge is 0.149 e. The number of rotatable bonds is 3. The van der Waals surface area contributed by atoms with Crippen LogP contribution in [0.1, 0.15) is 27.2 Å². The first-order valence-corrected chi connectivity index (χ1v) is 3.32. The monoisotopic (exact) mass is 129 g/mol. The van der Waals surface area contributed by atoms with Crippen molar-refractivity contribution in [2.24, 2.45) is 11.7 Å². The maximum Gasteiger partial charge on any atom is 0.149 e. The quantitative estimate of drug-likeness (QED) is 0.616. The molecule has 0 heterocycles. The minimum atomic E-state index is -0.285. The normalized spacial score (nSPS) is 13.9. The van der Waals surface area contributed by atoms with Crippen molar-refractivity contribution < 1.29 is 4.79 Å². The minimum Gasteiger partial charge on any atom is -0.322 e. The average molecular weight is 129 g/mol. The van der Waals surface area contributed by atoms with Crippen LogP contribution in [0.5, 0.6) is 0 Å². The molecule has 0 amide bonds. The number of carbonyl (C=O) groups is 1. The van der Waals surface area contributed by atoms with E-state index in [4.69, 9.17) is 5.73 Å². The lowest BCUT2D eigenvalue weighted by atomic mass is 10.0. The molecule has 0 aromatic heterocycles. The van der Waals surface area contributed by atoms with Gasteiger partial charge in [0.2, 0.25) is 0 Å². The van der Waals surface area contributed by atoms with Gasteiger partial charge in [-0.3, -0.25) is 4.79 Å². The summed E-state index contributed by atoms with van der Waals surface area (Å²) in [6, 6.07) is -0.285. The summed E-state index contributed by atoms with van der Waals surface area (Å²) >= 11 is 0. The summed E-state index contributed by atoms with van der Waals surface area (Å²) in [5.74, 6) is 0.591. The molecule has 2 nitrogen and oxygen atoms in total. The van der Waals surface area contributed by atoms with Gasteiger partial charge in [0, 0.05) is 6.42 Å². The Morgan fingerprint density at radius 1 is 1.44 bits per heavy atom. The Morgan fingerprint density at radius 2 is 1.89 bits per heavy atom. The molecular formula is C7H15NO. The van der Waals surface area contributed by atoms with E-state index in [0.717, 1.165) is 0 Å². The highest BCUT2D eigenvalue weighted by atomic mass is 16.1. The minimum absolute atomic E-state index is 0.157. The second-order valence-corrected chi connectivity index (χ2v) is 2.85. The van der Waals surface area contributed by atoms with E-state index in [-0.39, 0.29) is 11.8 Å². The standard InChI is InChI=1S/C7H15NO/c1-5(2)4-7(9)6(3)8/h5-6H,4,8H2,1-3H3. The molecule has 0 aromatic rings. The van der Waals surface area contributed by atoms with Gasteiger partial charge in [-0.05, 0) is 12.8 Å². The van der Waals surface area contributed by atoms with Gasteiger partial charge in [0.05, 0.1) is 6.04 Å². The molecule has 0 saturated heterocycles. The summed E-state index contributed by atoms with van der Waals surface area (Å²) < 4.78 is 0. The average Bonchev–Trinajstić information content (AvgIpc) is 1.63. The van der Waals surface area contributed by atoms with E-state index in [0.29, 0.717) is 12.3 Å². The van der Waals surface area contributed by atoms with Gasteiger partial charge < -0.3 is 5.73 Å². The van der Waals surface area contributed by atoms with Gasteiger partial charge in [-0.1, -0.05) is 13.8 Å². The number of Topliss-reactive ketones (excluding diaryl/α,β-unsaturated/α-hetero) is 1. The molecule has 2 heteroatoms. The molecule has 54 valence electrons. The molecule has 0 bridgehead atoms. The molecule has 1 unspecified atom stereocenters. The fraction of sp³-hybridized carbons (Fsp3) is 0.857. The molecule has 9 heavy (non-hydrogen) atoms. The van der Waals surface area contributed by atoms with E-state index < -0.39 is 0 Å². The molecular weight excluding hydrogens is 114 g/mol. The second-order valence-electron chi connectivity index (χ2n) is 2.85. The Hall–Kier alpha value is -0.370. The third kappa shape index (κ3) is 4.15. The Kier molecular flexibility index (Phi) is 3.47. The SMILES string of the molecule is CC(C)CC(=O)C(C)N. The van der Waals surface area contributed by atoms with E-state index in [1.54, 1.807) is 6.92 Å². The van der Waals surface area contributed by atoms with E-state index in [1.165, 1.54) is 0 Å². The van der Waals surface area contributed by atoms with E-state index in [1.807, 2.05) is 13.8 Å². The maximum absolute atomic E-state index is 10.8. The Balaban J connectivity index is 3.51. The van der Waals surface area contributed by atoms with Crippen LogP contribution in [0.3, 0.4) is 0 Å². The predicted molar refractivity (Wildman–Crippen MR) is 38.1 cm³/mol. The number of hydrogen-bond acceptors (Lipinski definition) is 2. The highest BCUT2D eigenvalue weighted by Crippen LogP contribution is 2.00. The topological polar surface area (TPSA) is 43.1 Å². The highest BCUT2D eigenvalue weighted by molar-refractivity contribution is 5.83. The van der Waals surface area contributed by atoms with Gasteiger partial charge in [-0.15, -0.1) is 0 Å². The van der Waals surface area contributed by atoms with E-state index in [2.05, 4.69) is 0 Å². The molecule has 0 fully saturated rings. The van der Waals surface area contributed by atoms with Crippen LogP contribution in [0, 0.1) is 5.92 Å². The van der Waals surface area contributed by atoms with Crippen molar-refractivity contribution in [3.63, 3.8) is 0 Å². The number of nitrogens with two attached hydrogens (primary N) is 1. The molecule has 0 rings (SSSR count). The van der Waals surface area contributed by atoms with Crippen LogP contribution < -0.4 is 5.73 Å². The first kappa shape index (κ1) is 8.63. The van der Waals surface area contributed by atoms with Crippen LogP contribution >= 0.6 is 0 Å². The van der Waals surface area contributed by atoms with Crippen molar-refractivity contribution >= 4 is 5.78 Å². The van der Waals surface area contributed by atoms with Gasteiger partial charge in [0.15, 0.2) is 0 Å². The van der Waals surface area contributed by atoms with Gasteiger partial charge in [-0.25, -0.2) is 0 Å². The van der Waals surface area contributed by atoms with Crippen LogP contribution in [0.2, 0.25) is 0 Å². The van der Waals surface area contributed by atoms with Crippen molar-refractivity contribution in [2.75, 3.05) is 0 Å². The number of ketones is 1. The summed E-state index contributed by atoms with van der Waals surface area (Å²) in [5.41, 5.74) is 5.33. The first-order chi connectivity index (χ1) is 4.04. The van der Waals surface area contributed by atoms with Gasteiger partial charge in [0.1, 0.15) is 5.78 Å². The third-order valence-corrected chi connectivity index (χ3v) is 1.12. The summed E-state index contributed by atoms with van der Waals surface area (Å²) in [4.78, 5) is 10.8. The van der Waals surface area contributed by atoms with E-state index >= 15 is 0 Å². The predicted octanol–water partition coefficient (Wildman–Crippen LogP) is 0.949. The fourth-order valence-corrected chi connectivity index (χ4v) is 0.588. The Bertz CT molecular complexity index is 97.1. The molecule has 1 atom stereocenters. The van der Waals surface area contributed by atoms with Crippen molar-refractivity contribution in [1.82, 2.24) is 0 Å². The summed E-state index contributed by atoms with van der Waals surface area (Å²) in [5, 5.41) is 0. The van der Waals surface area contributed by atoms with Crippen LogP contribution in [-0.2, 0) is 4.79 Å². The van der Waals surface area contributed by atoms with Crippen LogP contribution in [0.4, 0.5) is 0 Å². The van der Waals surface area contributed by atoms with Crippen LogP contribution in [0.25, 0.3) is 0 Å². The van der Waals surface area contributed by atoms with Crippen molar-refractivity contribution in [3.8, 4) is 0 Å². The second kappa shape index (κ2) is 3.62. The zero-order valence-electron chi connectivity index (χ0n) is 6.35. The molecule has 0 aromatic carbocycles. The fourth-order valence-electron chi connectivity index (χ4n) is 0.588. The Labute approximate surface area is 56.4 Å². The maximum atomic E-state index is 10.8. The molecule has 0 spiro atoms. The summed E-state index contributed by atoms with van der Waals surface area (Å²) in [6.45, 7) is 5.76. The van der Waals surface area contributed by atoms with Gasteiger partial charge >= 0.3 is 0 Å². The lowest BCUT2D eigenvalue weighted by molar-refractivity contribution is -0.120. The molecule has 0 saturated carbocycles. The van der Waals surface area contributed by atoms with Crippen molar-refractivity contribution in [3.05, 3.63) is 0 Å². The van der Waals surface area contributed by atoms with Gasteiger partial charge in [-0.2, -0.15) is 0 Å². The number of carbonyl (C=O) groups excluding carboxylic acids is 1. The van der Waals surface area contributed by atoms with Crippen molar-refractivity contribution in [2.45, 2.75) is 33.2 Å². The first-order valence-electron chi connectivity index (χ1n) is 3.32. The largest absolute Gasteiger partial charge is 0.322 e. The zero-order valence-corrected chi connectivity index (χ0v) is 6.35. The molecule has 0 aliphatic heterocycles. The zero-order chi connectivity index (χ0) is 7.44. The molecule has 2 N–H and O–H groups in total. The Morgan fingerprint density at radius 3 is 2.00 bits per heavy atom. The molecule has 0 aliphatic rings. The van der Waals surface area contributed by atoms with Crippen LogP contribution in [0.15, 0.2) is 0 Å². The summed E-state index contributed by atoms with van der Waals surface area (Å²) in [6.07, 6.45) is 0.609. The molecule has 0 radical (unpaired) electrons. The highest BCUT2D eigenvalue weighted by Gasteiger charge is 2.08. The van der Waals surface area contributed by atoms with E-state index in [9.17, 15) is 4.79 Å². The third-order valence-electron chi connectivity index (χ3n) is 1.12. The summed E-state index contributed by atoms with van der Waals surface area (Å²) in [7, 11) is 0. The van der Waals surface area contributed by atoms with Crippen molar-refractivity contribution in [1.29, 1.82) is 0 Å².